The van der Waals surface area contributed by atoms with Gasteiger partial charge in [-0.3, -0.25) is 0 Å². The van der Waals surface area contributed by atoms with Crippen molar-refractivity contribution in [3.05, 3.63) is 0 Å². The van der Waals surface area contributed by atoms with Gasteiger partial charge >= 0.3 is 0 Å². The summed E-state index contributed by atoms with van der Waals surface area (Å²) in [6.45, 7) is 4.08. The summed E-state index contributed by atoms with van der Waals surface area (Å²) in [5.74, 6) is 0. The van der Waals surface area contributed by atoms with Crippen LogP contribution >= 0.6 is 0 Å². The first-order valence-corrected chi connectivity index (χ1v) is 6.46. The quantitative estimate of drug-likeness (QED) is 0.574. The lowest BCUT2D eigenvalue weighted by atomic mass is 10.1. The molecule has 0 spiro atoms. The van der Waals surface area contributed by atoms with E-state index in [-0.39, 0.29) is 0 Å². The van der Waals surface area contributed by atoms with Crippen LogP contribution in [0, 0.1) is 0 Å². The Kier molecular flexibility index (Phi) is 7.88. The van der Waals surface area contributed by atoms with Crippen LogP contribution in [0.15, 0.2) is 0 Å². The minimum absolute atomic E-state index is 0.537. The summed E-state index contributed by atoms with van der Waals surface area (Å²) >= 11 is 0. The summed E-state index contributed by atoms with van der Waals surface area (Å²) in [6, 6.07) is 0. The topological polar surface area (TPSA) is 47.3 Å². The first-order valence-electron chi connectivity index (χ1n) is 6.46. The van der Waals surface area contributed by atoms with E-state index < -0.39 is 0 Å². The molecule has 90 valence electrons. The number of nitrogens with two attached hydrogens (primary N) is 1. The van der Waals surface area contributed by atoms with E-state index in [4.69, 9.17) is 10.5 Å². The highest BCUT2D eigenvalue weighted by molar-refractivity contribution is 4.65. The van der Waals surface area contributed by atoms with Crippen molar-refractivity contribution < 1.29 is 4.74 Å². The van der Waals surface area contributed by atoms with Gasteiger partial charge in [-0.25, -0.2) is 0 Å². The Hall–Kier alpha value is -0.120. The van der Waals surface area contributed by atoms with E-state index in [0.29, 0.717) is 6.10 Å². The molecule has 1 fully saturated rings. The van der Waals surface area contributed by atoms with Crippen LogP contribution in [-0.2, 0) is 4.74 Å². The minimum Gasteiger partial charge on any atom is -0.378 e. The Morgan fingerprint density at radius 2 is 2.00 bits per heavy atom. The molecule has 0 aliphatic carbocycles. The fourth-order valence-corrected chi connectivity index (χ4v) is 2.01. The van der Waals surface area contributed by atoms with E-state index >= 15 is 0 Å². The van der Waals surface area contributed by atoms with E-state index in [1.165, 1.54) is 44.9 Å². The van der Waals surface area contributed by atoms with Crippen molar-refractivity contribution in [2.24, 2.45) is 5.73 Å². The molecule has 0 aromatic heterocycles. The van der Waals surface area contributed by atoms with Gasteiger partial charge in [0, 0.05) is 6.61 Å². The highest BCUT2D eigenvalue weighted by Gasteiger charge is 2.13. The van der Waals surface area contributed by atoms with E-state index in [1.807, 2.05) is 0 Å². The van der Waals surface area contributed by atoms with Crippen molar-refractivity contribution in [3.8, 4) is 0 Å². The number of ether oxygens (including phenoxy) is 1. The van der Waals surface area contributed by atoms with Gasteiger partial charge in [0.2, 0.25) is 0 Å². The second-order valence-corrected chi connectivity index (χ2v) is 4.38. The number of rotatable bonds is 9. The summed E-state index contributed by atoms with van der Waals surface area (Å²) in [5.41, 5.74) is 5.43. The third-order valence-electron chi connectivity index (χ3n) is 2.97. The standard InChI is InChI=1S/C12H26N2O/c13-8-3-1-2-4-9-14-10-7-12-6-5-11-15-12/h12,14H,1-11,13H2. The van der Waals surface area contributed by atoms with Gasteiger partial charge in [-0.1, -0.05) is 12.8 Å². The van der Waals surface area contributed by atoms with Gasteiger partial charge < -0.3 is 15.8 Å². The molecule has 1 unspecified atom stereocenters. The second kappa shape index (κ2) is 9.13. The maximum atomic E-state index is 5.56. The minimum atomic E-state index is 0.537. The molecular weight excluding hydrogens is 188 g/mol. The number of hydrogen-bond donors (Lipinski definition) is 2. The molecule has 0 amide bonds. The van der Waals surface area contributed by atoms with Crippen molar-refractivity contribution in [1.29, 1.82) is 0 Å². The Morgan fingerprint density at radius 3 is 2.73 bits per heavy atom. The van der Waals surface area contributed by atoms with Crippen LogP contribution in [-0.4, -0.2) is 32.3 Å². The smallest absolute Gasteiger partial charge is 0.0588 e. The summed E-state index contributed by atoms with van der Waals surface area (Å²) in [5, 5.41) is 3.48. The molecule has 3 N–H and O–H groups in total. The Morgan fingerprint density at radius 1 is 1.13 bits per heavy atom. The molecule has 0 bridgehead atoms. The monoisotopic (exact) mass is 214 g/mol. The van der Waals surface area contributed by atoms with Crippen LogP contribution in [0.3, 0.4) is 0 Å². The van der Waals surface area contributed by atoms with Gasteiger partial charge in [-0.15, -0.1) is 0 Å². The average molecular weight is 214 g/mol. The van der Waals surface area contributed by atoms with Crippen molar-refractivity contribution in [1.82, 2.24) is 5.32 Å². The van der Waals surface area contributed by atoms with Gasteiger partial charge in [-0.05, 0) is 51.7 Å². The summed E-state index contributed by atoms with van der Waals surface area (Å²) in [6.07, 6.45) is 9.29. The molecule has 0 radical (unpaired) electrons. The fourth-order valence-electron chi connectivity index (χ4n) is 2.01. The molecule has 1 heterocycles. The van der Waals surface area contributed by atoms with E-state index in [0.717, 1.165) is 26.2 Å². The van der Waals surface area contributed by atoms with Gasteiger partial charge in [0.05, 0.1) is 6.10 Å². The van der Waals surface area contributed by atoms with E-state index in [1.54, 1.807) is 0 Å². The predicted molar refractivity (Wildman–Crippen MR) is 64.0 cm³/mol. The second-order valence-electron chi connectivity index (χ2n) is 4.38. The first-order chi connectivity index (χ1) is 7.43. The summed E-state index contributed by atoms with van der Waals surface area (Å²) in [4.78, 5) is 0. The van der Waals surface area contributed by atoms with Crippen molar-refractivity contribution in [2.45, 2.75) is 51.0 Å². The first kappa shape index (κ1) is 12.9. The van der Waals surface area contributed by atoms with Crippen molar-refractivity contribution in [2.75, 3.05) is 26.2 Å². The van der Waals surface area contributed by atoms with Gasteiger partial charge in [0.25, 0.3) is 0 Å². The predicted octanol–water partition coefficient (Wildman–Crippen LogP) is 1.66. The van der Waals surface area contributed by atoms with Crippen molar-refractivity contribution in [3.63, 3.8) is 0 Å². The Labute approximate surface area is 93.8 Å². The largest absolute Gasteiger partial charge is 0.378 e. The summed E-state index contributed by atoms with van der Waals surface area (Å²) < 4.78 is 5.56. The third-order valence-corrected chi connectivity index (χ3v) is 2.97. The SMILES string of the molecule is NCCCCCCNCCC1CCCO1. The van der Waals surface area contributed by atoms with Crippen LogP contribution in [0.4, 0.5) is 0 Å². The molecule has 1 aliphatic rings. The average Bonchev–Trinajstić information content (AvgIpc) is 2.75. The van der Waals surface area contributed by atoms with Crippen LogP contribution in [0.1, 0.15) is 44.9 Å². The van der Waals surface area contributed by atoms with Crippen LogP contribution in [0.25, 0.3) is 0 Å². The Bertz CT molecular complexity index is 136. The number of unbranched alkanes of at least 4 members (excludes halogenated alkanes) is 3. The zero-order valence-corrected chi connectivity index (χ0v) is 9.84. The summed E-state index contributed by atoms with van der Waals surface area (Å²) in [7, 11) is 0. The van der Waals surface area contributed by atoms with Crippen molar-refractivity contribution >= 4 is 0 Å². The lowest BCUT2D eigenvalue weighted by molar-refractivity contribution is 0.104. The molecule has 3 nitrogen and oxygen atoms in total. The molecular formula is C12H26N2O. The van der Waals surface area contributed by atoms with Gasteiger partial charge in [0.15, 0.2) is 0 Å². The molecule has 0 aromatic carbocycles. The van der Waals surface area contributed by atoms with Gasteiger partial charge in [0.1, 0.15) is 0 Å². The third kappa shape index (κ3) is 6.88. The van der Waals surface area contributed by atoms with Crippen LogP contribution in [0.2, 0.25) is 0 Å². The lowest BCUT2D eigenvalue weighted by Crippen LogP contribution is -2.21. The molecule has 15 heavy (non-hydrogen) atoms. The maximum Gasteiger partial charge on any atom is 0.0588 e. The zero-order chi connectivity index (χ0) is 10.8. The fraction of sp³-hybridized carbons (Fsp3) is 1.00. The molecule has 0 aromatic rings. The molecule has 1 rings (SSSR count). The molecule has 1 saturated heterocycles. The molecule has 3 heteroatoms. The van der Waals surface area contributed by atoms with E-state index in [2.05, 4.69) is 5.32 Å². The van der Waals surface area contributed by atoms with Crippen LogP contribution in [0.5, 0.6) is 0 Å². The zero-order valence-electron chi connectivity index (χ0n) is 9.84. The number of hydrogen-bond acceptors (Lipinski definition) is 3. The molecule has 0 saturated carbocycles. The highest BCUT2D eigenvalue weighted by Crippen LogP contribution is 2.14. The highest BCUT2D eigenvalue weighted by atomic mass is 16.5. The lowest BCUT2D eigenvalue weighted by Gasteiger charge is -2.09. The maximum absolute atomic E-state index is 5.56. The van der Waals surface area contributed by atoms with Gasteiger partial charge in [-0.2, -0.15) is 0 Å². The number of nitrogens with one attached hydrogen (secondary N) is 1. The molecule has 1 aliphatic heterocycles. The van der Waals surface area contributed by atoms with E-state index in [9.17, 15) is 0 Å². The Balaban J connectivity index is 1.73. The van der Waals surface area contributed by atoms with Crippen LogP contribution < -0.4 is 11.1 Å². The normalized spacial score (nSPS) is 21.0. The molecule has 1 atom stereocenters.